The van der Waals surface area contributed by atoms with Crippen LogP contribution >= 0.6 is 11.6 Å². The summed E-state index contributed by atoms with van der Waals surface area (Å²) in [6.45, 7) is 1.52. The fourth-order valence-corrected chi connectivity index (χ4v) is 5.93. The van der Waals surface area contributed by atoms with Gasteiger partial charge in [0.05, 0.1) is 39.7 Å². The highest BCUT2D eigenvalue weighted by molar-refractivity contribution is 7.94. The molecule has 160 valence electrons. The molecule has 1 N–H and O–H groups in total. The van der Waals surface area contributed by atoms with E-state index in [0.717, 1.165) is 6.07 Å². The molecule has 0 spiro atoms. The molecule has 12 heteroatoms. The highest BCUT2D eigenvalue weighted by Crippen LogP contribution is 2.31. The summed E-state index contributed by atoms with van der Waals surface area (Å²) in [6.07, 6.45) is -0.174. The number of amides is 1. The smallest absolute Gasteiger partial charge is 0.337 e. The van der Waals surface area contributed by atoms with E-state index in [-0.39, 0.29) is 39.0 Å². The summed E-state index contributed by atoms with van der Waals surface area (Å²) in [4.78, 5) is 23.5. The number of rotatable bonds is 5. The number of carbonyl (C=O) groups excluding carboxylic acids is 2. The summed E-state index contributed by atoms with van der Waals surface area (Å²) >= 11 is 6.06. The summed E-state index contributed by atoms with van der Waals surface area (Å²) in [5, 5.41) is 0.0392. The second kappa shape index (κ2) is 7.89. The Morgan fingerprint density at radius 1 is 1.20 bits per heavy atom. The fraction of sp³-hybridized carbons (Fsp3) is 0.222. The molecule has 0 aromatic heterocycles. The maximum absolute atomic E-state index is 13.0. The van der Waals surface area contributed by atoms with E-state index in [0.29, 0.717) is 9.87 Å². The quantitative estimate of drug-likeness (QED) is 0.661. The van der Waals surface area contributed by atoms with Gasteiger partial charge in [0.25, 0.3) is 10.0 Å². The first-order valence-electron chi connectivity index (χ1n) is 8.53. The van der Waals surface area contributed by atoms with Crippen LogP contribution < -0.4 is 9.03 Å². The number of sulfonamides is 2. The van der Waals surface area contributed by atoms with Crippen LogP contribution in [0, 0.1) is 6.92 Å². The Hall–Kier alpha value is -2.63. The van der Waals surface area contributed by atoms with Crippen LogP contribution in [0.4, 0.5) is 11.4 Å². The van der Waals surface area contributed by atoms with E-state index >= 15 is 0 Å². The first-order chi connectivity index (χ1) is 14.0. The molecule has 1 aliphatic heterocycles. The minimum atomic E-state index is -4.24. The first-order valence-corrected chi connectivity index (χ1v) is 12.0. The van der Waals surface area contributed by atoms with E-state index in [1.807, 2.05) is 0 Å². The lowest BCUT2D eigenvalue weighted by Crippen LogP contribution is -2.29. The number of halogens is 1. The van der Waals surface area contributed by atoms with Crippen LogP contribution in [0.5, 0.6) is 0 Å². The highest BCUT2D eigenvalue weighted by atomic mass is 35.5. The largest absolute Gasteiger partial charge is 0.465 e. The molecule has 0 unspecified atom stereocenters. The van der Waals surface area contributed by atoms with Crippen molar-refractivity contribution < 1.29 is 31.2 Å². The van der Waals surface area contributed by atoms with E-state index < -0.39 is 31.9 Å². The Balaban J connectivity index is 2.04. The van der Waals surface area contributed by atoms with E-state index in [9.17, 15) is 26.4 Å². The van der Waals surface area contributed by atoms with Gasteiger partial charge in [-0.25, -0.2) is 25.9 Å². The van der Waals surface area contributed by atoms with Gasteiger partial charge in [-0.05, 0) is 42.8 Å². The predicted octanol–water partition coefficient (Wildman–Crippen LogP) is 2.30. The van der Waals surface area contributed by atoms with Gasteiger partial charge in [-0.1, -0.05) is 17.7 Å². The SMILES string of the molecule is COC(=O)c1ccc(Cl)c(NS(=O)(=O)c2cc(N3C(=O)CCS3(=O)=O)ccc2C)c1. The molecule has 2 aromatic carbocycles. The predicted molar refractivity (Wildman–Crippen MR) is 111 cm³/mol. The number of benzene rings is 2. The van der Waals surface area contributed by atoms with E-state index in [2.05, 4.69) is 9.46 Å². The minimum absolute atomic E-state index is 0.0392. The number of aryl methyl sites for hydroxylation is 1. The molecule has 1 amide bonds. The van der Waals surface area contributed by atoms with Crippen molar-refractivity contribution in [2.75, 3.05) is 21.9 Å². The molecule has 0 bridgehead atoms. The molecule has 0 radical (unpaired) electrons. The van der Waals surface area contributed by atoms with Crippen molar-refractivity contribution in [3.63, 3.8) is 0 Å². The van der Waals surface area contributed by atoms with Crippen molar-refractivity contribution in [1.29, 1.82) is 0 Å². The number of hydrogen-bond donors (Lipinski definition) is 1. The van der Waals surface area contributed by atoms with Crippen molar-refractivity contribution in [1.82, 2.24) is 0 Å². The summed E-state index contributed by atoms with van der Waals surface area (Å²) in [6, 6.07) is 7.80. The number of hydrogen-bond acceptors (Lipinski definition) is 7. The van der Waals surface area contributed by atoms with Crippen molar-refractivity contribution >= 4 is 54.9 Å². The van der Waals surface area contributed by atoms with Gasteiger partial charge >= 0.3 is 5.97 Å². The number of esters is 1. The van der Waals surface area contributed by atoms with Crippen molar-refractivity contribution in [2.24, 2.45) is 0 Å². The number of carbonyl (C=O) groups is 2. The molecule has 1 saturated heterocycles. The van der Waals surface area contributed by atoms with Crippen molar-refractivity contribution in [3.8, 4) is 0 Å². The molecule has 1 fully saturated rings. The zero-order valence-corrected chi connectivity index (χ0v) is 18.3. The van der Waals surface area contributed by atoms with Gasteiger partial charge in [-0.2, -0.15) is 0 Å². The fourth-order valence-electron chi connectivity index (χ4n) is 2.92. The molecule has 9 nitrogen and oxygen atoms in total. The average Bonchev–Trinajstić information content (AvgIpc) is 2.95. The normalized spacial score (nSPS) is 15.8. The Morgan fingerprint density at radius 2 is 1.90 bits per heavy atom. The lowest BCUT2D eigenvalue weighted by molar-refractivity contribution is -0.116. The molecule has 0 saturated carbocycles. The lowest BCUT2D eigenvalue weighted by atomic mass is 10.2. The van der Waals surface area contributed by atoms with Crippen LogP contribution in [0.25, 0.3) is 0 Å². The minimum Gasteiger partial charge on any atom is -0.465 e. The highest BCUT2D eigenvalue weighted by Gasteiger charge is 2.37. The number of nitrogens with zero attached hydrogens (tertiary/aromatic N) is 1. The van der Waals surface area contributed by atoms with Gasteiger partial charge in [0, 0.05) is 6.42 Å². The summed E-state index contributed by atoms with van der Waals surface area (Å²) < 4.78 is 57.8. The van der Waals surface area contributed by atoms with Crippen LogP contribution in [0.3, 0.4) is 0 Å². The second-order valence-corrected chi connectivity index (χ2v) is 10.5. The molecule has 3 rings (SSSR count). The summed E-state index contributed by atoms with van der Waals surface area (Å²) in [5.41, 5.74) is 0.265. The van der Waals surface area contributed by atoms with Crippen LogP contribution in [0.1, 0.15) is 22.3 Å². The molecule has 2 aromatic rings. The average molecular weight is 473 g/mol. The van der Waals surface area contributed by atoms with E-state index in [1.54, 1.807) is 0 Å². The lowest BCUT2D eigenvalue weighted by Gasteiger charge is -2.18. The molecule has 0 atom stereocenters. The Kier molecular flexibility index (Phi) is 5.81. The number of anilines is 2. The first kappa shape index (κ1) is 22.1. The van der Waals surface area contributed by atoms with Gasteiger partial charge in [0.15, 0.2) is 0 Å². The molecule has 30 heavy (non-hydrogen) atoms. The van der Waals surface area contributed by atoms with Crippen LogP contribution in [-0.2, 0) is 29.6 Å². The van der Waals surface area contributed by atoms with Crippen LogP contribution in [0.15, 0.2) is 41.3 Å². The molecule has 1 aliphatic rings. The second-order valence-electron chi connectivity index (χ2n) is 6.47. The standard InChI is InChI=1S/C18H17ClN2O7S2/c1-11-3-5-13(21-17(22)7-8-29(21,24)25)10-16(11)30(26,27)20-15-9-12(18(23)28-2)4-6-14(15)19/h3-6,9-10,20H,7-8H2,1-2H3. The monoisotopic (exact) mass is 472 g/mol. The van der Waals surface area contributed by atoms with Crippen molar-refractivity contribution in [3.05, 3.63) is 52.5 Å². The van der Waals surface area contributed by atoms with E-state index in [1.165, 1.54) is 44.4 Å². The Morgan fingerprint density at radius 3 is 2.50 bits per heavy atom. The van der Waals surface area contributed by atoms with E-state index in [4.69, 9.17) is 11.6 Å². The van der Waals surface area contributed by atoms with Gasteiger partial charge in [-0.15, -0.1) is 0 Å². The molecular weight excluding hydrogens is 456 g/mol. The zero-order valence-electron chi connectivity index (χ0n) is 15.9. The zero-order chi connectivity index (χ0) is 22.3. The third kappa shape index (κ3) is 4.13. The Bertz CT molecular complexity index is 1260. The van der Waals surface area contributed by atoms with Crippen LogP contribution in [-0.4, -0.2) is 41.6 Å². The molecule has 1 heterocycles. The number of nitrogens with one attached hydrogen (secondary N) is 1. The third-order valence-corrected chi connectivity index (χ3v) is 7.93. The van der Waals surface area contributed by atoms with Gasteiger partial charge < -0.3 is 4.74 Å². The number of methoxy groups -OCH3 is 1. The summed E-state index contributed by atoms with van der Waals surface area (Å²) in [5.74, 6) is -1.65. The molecular formula is C18H17ClN2O7S2. The summed E-state index contributed by atoms with van der Waals surface area (Å²) in [7, 11) is -6.91. The van der Waals surface area contributed by atoms with Gasteiger partial charge in [-0.3, -0.25) is 9.52 Å². The maximum Gasteiger partial charge on any atom is 0.337 e. The maximum atomic E-state index is 13.0. The Labute approximate surface area is 178 Å². The topological polar surface area (TPSA) is 127 Å². The van der Waals surface area contributed by atoms with Crippen LogP contribution in [0.2, 0.25) is 5.02 Å². The van der Waals surface area contributed by atoms with Crippen molar-refractivity contribution in [2.45, 2.75) is 18.2 Å². The molecule has 0 aliphatic carbocycles. The van der Waals surface area contributed by atoms with Gasteiger partial charge in [0.2, 0.25) is 15.9 Å². The number of ether oxygens (including phenoxy) is 1. The third-order valence-electron chi connectivity index (χ3n) is 4.41. The van der Waals surface area contributed by atoms with Gasteiger partial charge in [0.1, 0.15) is 0 Å².